The lowest BCUT2D eigenvalue weighted by atomic mass is 10.1. The van der Waals surface area contributed by atoms with E-state index in [2.05, 4.69) is 13.2 Å². The Balaban J connectivity index is 3.56. The Morgan fingerprint density at radius 3 is 2.54 bits per heavy atom. The zero-order chi connectivity index (χ0) is 10.0. The van der Waals surface area contributed by atoms with E-state index in [0.717, 1.165) is 11.1 Å². The van der Waals surface area contributed by atoms with Gasteiger partial charge in [0.2, 0.25) is 0 Å². The second-order valence-electron chi connectivity index (χ2n) is 3.31. The molecule has 1 aromatic rings. The highest BCUT2D eigenvalue weighted by Crippen LogP contribution is 1.94. The second kappa shape index (κ2) is 3.56. The summed E-state index contributed by atoms with van der Waals surface area (Å²) in [7, 11) is 0. The number of hydrogen-bond acceptors (Lipinski definition) is 0. The summed E-state index contributed by atoms with van der Waals surface area (Å²) in [5.74, 6) is -0.229. The van der Waals surface area contributed by atoms with Crippen molar-refractivity contribution in [2.45, 2.75) is 13.8 Å². The third kappa shape index (κ3) is 2.28. The SMILES string of the molecule is C=C(C)/C=c1/c(F)cc(C)cc1=C. The van der Waals surface area contributed by atoms with Gasteiger partial charge in [-0.25, -0.2) is 4.39 Å². The molecule has 0 aliphatic carbocycles. The summed E-state index contributed by atoms with van der Waals surface area (Å²) in [5.41, 5.74) is 1.72. The van der Waals surface area contributed by atoms with Gasteiger partial charge in [-0.2, -0.15) is 0 Å². The van der Waals surface area contributed by atoms with Crippen molar-refractivity contribution in [1.82, 2.24) is 0 Å². The highest BCUT2D eigenvalue weighted by atomic mass is 19.1. The van der Waals surface area contributed by atoms with Crippen LogP contribution in [0.5, 0.6) is 0 Å². The monoisotopic (exact) mass is 176 g/mol. The molecule has 0 unspecified atom stereocenters. The molecular weight excluding hydrogens is 163 g/mol. The van der Waals surface area contributed by atoms with E-state index in [1.54, 1.807) is 6.08 Å². The molecule has 0 radical (unpaired) electrons. The molecule has 0 saturated carbocycles. The van der Waals surface area contributed by atoms with E-state index >= 15 is 0 Å². The van der Waals surface area contributed by atoms with Gasteiger partial charge in [0, 0.05) is 5.22 Å². The minimum absolute atomic E-state index is 0.229. The molecule has 1 heteroatoms. The Kier molecular flexibility index (Phi) is 2.66. The third-order valence-electron chi connectivity index (χ3n) is 1.75. The van der Waals surface area contributed by atoms with Crippen molar-refractivity contribution >= 4 is 12.7 Å². The van der Waals surface area contributed by atoms with Crippen molar-refractivity contribution in [3.63, 3.8) is 0 Å². The molecular formula is C12H13F. The number of rotatable bonds is 1. The van der Waals surface area contributed by atoms with Gasteiger partial charge in [-0.3, -0.25) is 0 Å². The average Bonchev–Trinajstić information content (AvgIpc) is 1.96. The van der Waals surface area contributed by atoms with E-state index in [1.165, 1.54) is 6.07 Å². The maximum absolute atomic E-state index is 13.4. The van der Waals surface area contributed by atoms with E-state index in [9.17, 15) is 4.39 Å². The number of hydrogen-bond donors (Lipinski definition) is 0. The predicted molar refractivity (Wildman–Crippen MR) is 55.2 cm³/mol. The Hall–Kier alpha value is -1.37. The van der Waals surface area contributed by atoms with Crippen LogP contribution < -0.4 is 10.4 Å². The number of halogens is 1. The molecule has 0 aromatic heterocycles. The molecule has 0 nitrogen and oxygen atoms in total. The molecule has 0 saturated heterocycles. The lowest BCUT2D eigenvalue weighted by Gasteiger charge is -1.96. The van der Waals surface area contributed by atoms with Crippen molar-refractivity contribution in [1.29, 1.82) is 0 Å². The van der Waals surface area contributed by atoms with Gasteiger partial charge < -0.3 is 0 Å². The maximum Gasteiger partial charge on any atom is 0.131 e. The fourth-order valence-corrected chi connectivity index (χ4v) is 1.23. The van der Waals surface area contributed by atoms with E-state index < -0.39 is 0 Å². The highest BCUT2D eigenvalue weighted by molar-refractivity contribution is 5.44. The van der Waals surface area contributed by atoms with Gasteiger partial charge in [0.25, 0.3) is 0 Å². The second-order valence-corrected chi connectivity index (χ2v) is 3.31. The third-order valence-corrected chi connectivity index (χ3v) is 1.75. The van der Waals surface area contributed by atoms with Crippen molar-refractivity contribution in [3.8, 4) is 0 Å². The van der Waals surface area contributed by atoms with Gasteiger partial charge in [-0.05, 0) is 36.8 Å². The Labute approximate surface area is 77.7 Å². The summed E-state index contributed by atoms with van der Waals surface area (Å²) in [6.07, 6.45) is 1.71. The van der Waals surface area contributed by atoms with Crippen molar-refractivity contribution in [2.75, 3.05) is 0 Å². The zero-order valence-corrected chi connectivity index (χ0v) is 8.02. The molecule has 0 aliphatic heterocycles. The number of aryl methyl sites for hydroxylation is 1. The van der Waals surface area contributed by atoms with E-state index in [1.807, 2.05) is 19.9 Å². The Morgan fingerprint density at radius 2 is 2.08 bits per heavy atom. The minimum atomic E-state index is -0.229. The molecule has 0 atom stereocenters. The first-order chi connectivity index (χ1) is 6.00. The van der Waals surface area contributed by atoms with Crippen LogP contribution in [0.4, 0.5) is 4.39 Å². The largest absolute Gasteiger partial charge is 0.206 e. The van der Waals surface area contributed by atoms with Crippen molar-refractivity contribution in [2.24, 2.45) is 0 Å². The highest BCUT2D eigenvalue weighted by Gasteiger charge is 1.95. The quantitative estimate of drug-likeness (QED) is 0.613. The van der Waals surface area contributed by atoms with Crippen LogP contribution in [0.2, 0.25) is 0 Å². The molecule has 1 rings (SSSR count). The summed E-state index contributed by atoms with van der Waals surface area (Å²) >= 11 is 0. The number of allylic oxidation sites excluding steroid dienone is 1. The molecule has 0 N–H and O–H groups in total. The van der Waals surface area contributed by atoms with Crippen LogP contribution in [0.15, 0.2) is 24.3 Å². The molecule has 0 amide bonds. The number of benzene rings is 1. The van der Waals surface area contributed by atoms with Crippen LogP contribution in [0.3, 0.4) is 0 Å². The van der Waals surface area contributed by atoms with Crippen LogP contribution in [0, 0.1) is 12.7 Å². The van der Waals surface area contributed by atoms with E-state index in [-0.39, 0.29) is 5.82 Å². The van der Waals surface area contributed by atoms with Crippen molar-refractivity contribution < 1.29 is 4.39 Å². The summed E-state index contributed by atoms with van der Waals surface area (Å²) in [6, 6.07) is 3.36. The Bertz CT molecular complexity index is 441. The summed E-state index contributed by atoms with van der Waals surface area (Å²) in [4.78, 5) is 0. The Morgan fingerprint density at radius 1 is 1.46 bits per heavy atom. The zero-order valence-electron chi connectivity index (χ0n) is 8.02. The van der Waals surface area contributed by atoms with Crippen LogP contribution in [-0.4, -0.2) is 0 Å². The molecule has 0 spiro atoms. The minimum Gasteiger partial charge on any atom is -0.206 e. The standard InChI is InChI=1S/C12H13F/c1-8(2)5-11-10(4)6-9(3)7-12(11)13/h5-7H,1,4H2,2-3H3/b11-5+. The van der Waals surface area contributed by atoms with Gasteiger partial charge >= 0.3 is 0 Å². The fourth-order valence-electron chi connectivity index (χ4n) is 1.23. The topological polar surface area (TPSA) is 0 Å². The normalized spacial score (nSPS) is 11.8. The summed E-state index contributed by atoms with van der Waals surface area (Å²) in [6.45, 7) is 11.2. The predicted octanol–water partition coefficient (Wildman–Crippen LogP) is 1.90. The first kappa shape index (κ1) is 9.72. The molecule has 0 bridgehead atoms. The molecule has 0 aliphatic rings. The lowest BCUT2D eigenvalue weighted by molar-refractivity contribution is 0.616. The average molecular weight is 176 g/mol. The van der Waals surface area contributed by atoms with Crippen LogP contribution >= 0.6 is 0 Å². The van der Waals surface area contributed by atoms with E-state index in [0.29, 0.717) is 10.4 Å². The smallest absolute Gasteiger partial charge is 0.131 e. The molecule has 0 fully saturated rings. The summed E-state index contributed by atoms with van der Waals surface area (Å²) in [5, 5.41) is 1.25. The molecule has 13 heavy (non-hydrogen) atoms. The first-order valence-electron chi connectivity index (χ1n) is 4.13. The van der Waals surface area contributed by atoms with Gasteiger partial charge in [0.05, 0.1) is 0 Å². The van der Waals surface area contributed by atoms with Crippen LogP contribution in [0.1, 0.15) is 12.5 Å². The molecule has 0 heterocycles. The van der Waals surface area contributed by atoms with E-state index in [4.69, 9.17) is 0 Å². The molecule has 1 aromatic carbocycles. The lowest BCUT2D eigenvalue weighted by Crippen LogP contribution is -2.27. The van der Waals surface area contributed by atoms with Gasteiger partial charge in [-0.15, -0.1) is 0 Å². The van der Waals surface area contributed by atoms with Gasteiger partial charge in [0.15, 0.2) is 0 Å². The first-order valence-corrected chi connectivity index (χ1v) is 4.13. The van der Waals surface area contributed by atoms with Crippen molar-refractivity contribution in [3.05, 3.63) is 46.1 Å². The summed E-state index contributed by atoms with van der Waals surface area (Å²) < 4.78 is 13.4. The van der Waals surface area contributed by atoms with Crippen LogP contribution in [-0.2, 0) is 0 Å². The maximum atomic E-state index is 13.4. The fraction of sp³-hybridized carbons (Fsp3) is 0.167. The van der Waals surface area contributed by atoms with Gasteiger partial charge in [-0.1, -0.05) is 24.8 Å². The van der Waals surface area contributed by atoms with Gasteiger partial charge in [0.1, 0.15) is 5.82 Å². The van der Waals surface area contributed by atoms with Crippen LogP contribution in [0.25, 0.3) is 12.7 Å². The molecule has 68 valence electrons.